The number of rotatable bonds is 7. The van der Waals surface area contributed by atoms with E-state index in [1.54, 1.807) is 4.90 Å². The number of aliphatic hydroxyl groups excluding tert-OH is 1. The fraction of sp³-hybridized carbons (Fsp3) is 0.567. The number of amides is 1. The molecule has 0 bridgehead atoms. The highest BCUT2D eigenvalue weighted by molar-refractivity contribution is 5.94. The van der Waals surface area contributed by atoms with Crippen molar-refractivity contribution in [2.45, 2.75) is 57.2 Å². The molecule has 1 aliphatic carbocycles. The zero-order valence-corrected chi connectivity index (χ0v) is 21.8. The van der Waals surface area contributed by atoms with Gasteiger partial charge in [-0.1, -0.05) is 30.7 Å². The van der Waals surface area contributed by atoms with Gasteiger partial charge < -0.3 is 19.6 Å². The highest BCUT2D eigenvalue weighted by Crippen LogP contribution is 2.53. The van der Waals surface area contributed by atoms with Gasteiger partial charge in [-0.05, 0) is 92.9 Å². The highest BCUT2D eigenvalue weighted by atomic mass is 19.4. The first kappa shape index (κ1) is 27.0. The molecule has 3 fully saturated rings. The van der Waals surface area contributed by atoms with Crippen molar-refractivity contribution in [3.05, 3.63) is 54.1 Å². The second kappa shape index (κ2) is 11.3. The summed E-state index contributed by atoms with van der Waals surface area (Å²) >= 11 is 0. The quantitative estimate of drug-likeness (QED) is 0.494. The number of likely N-dealkylation sites (tertiary alicyclic amines) is 2. The van der Waals surface area contributed by atoms with Crippen molar-refractivity contribution >= 4 is 5.91 Å². The Morgan fingerprint density at radius 2 is 1.55 bits per heavy atom. The molecular formula is C30H37F3N2O3. The molecule has 2 aromatic carbocycles. The van der Waals surface area contributed by atoms with Crippen LogP contribution in [0, 0.1) is 11.3 Å². The van der Waals surface area contributed by atoms with E-state index in [-0.39, 0.29) is 25.3 Å². The third-order valence-corrected chi connectivity index (χ3v) is 8.63. The first-order valence-electron chi connectivity index (χ1n) is 13.8. The number of carbonyl (C=O) groups is 1. The summed E-state index contributed by atoms with van der Waals surface area (Å²) in [6.45, 7) is 3.17. The third-order valence-electron chi connectivity index (χ3n) is 8.63. The Labute approximate surface area is 222 Å². The standard InChI is InChI=1S/C30H37F3N2O3/c31-30(32,33)29(14-2-15-29)21-34-17-12-22(13-18-34)20-38-27-10-8-24(9-11-27)23-4-6-25(7-5-23)28(37)35-16-1-3-26(36)19-35/h4-11,22,26,36H,1-3,12-21H2/t26-/m1/s1. The lowest BCUT2D eigenvalue weighted by Gasteiger charge is -2.47. The molecule has 2 heterocycles. The largest absolute Gasteiger partial charge is 0.493 e. The van der Waals surface area contributed by atoms with Gasteiger partial charge in [0, 0.05) is 25.2 Å². The molecule has 2 saturated heterocycles. The minimum atomic E-state index is -4.10. The van der Waals surface area contributed by atoms with Gasteiger partial charge in [-0.15, -0.1) is 0 Å². The van der Waals surface area contributed by atoms with Gasteiger partial charge in [0.2, 0.25) is 0 Å². The average Bonchev–Trinajstić information content (AvgIpc) is 2.89. The van der Waals surface area contributed by atoms with Gasteiger partial charge in [0.1, 0.15) is 5.75 Å². The van der Waals surface area contributed by atoms with E-state index in [0.29, 0.717) is 50.7 Å². The van der Waals surface area contributed by atoms with Crippen LogP contribution in [-0.2, 0) is 0 Å². The van der Waals surface area contributed by atoms with Crippen LogP contribution in [0.15, 0.2) is 48.5 Å². The van der Waals surface area contributed by atoms with Crippen molar-refractivity contribution in [2.24, 2.45) is 11.3 Å². The van der Waals surface area contributed by atoms with Gasteiger partial charge >= 0.3 is 6.18 Å². The van der Waals surface area contributed by atoms with Gasteiger partial charge in [0.25, 0.3) is 5.91 Å². The SMILES string of the molecule is O=C(c1ccc(-c2ccc(OCC3CCN(CC4(C(F)(F)F)CCC4)CC3)cc2)cc1)N1CCC[C@@H](O)C1. The minimum Gasteiger partial charge on any atom is -0.493 e. The fourth-order valence-electron chi connectivity index (χ4n) is 5.96. The van der Waals surface area contributed by atoms with Gasteiger partial charge in [0.15, 0.2) is 0 Å². The summed E-state index contributed by atoms with van der Waals surface area (Å²) in [5, 5.41) is 9.84. The number of hydrogen-bond donors (Lipinski definition) is 1. The normalized spacial score (nSPS) is 22.6. The molecule has 38 heavy (non-hydrogen) atoms. The number of halogens is 3. The van der Waals surface area contributed by atoms with Crippen LogP contribution in [0.1, 0.15) is 55.3 Å². The summed E-state index contributed by atoms with van der Waals surface area (Å²) in [5.41, 5.74) is 1.16. The van der Waals surface area contributed by atoms with Crippen LogP contribution in [0.3, 0.4) is 0 Å². The molecule has 2 aromatic rings. The Hall–Kier alpha value is -2.58. The van der Waals surface area contributed by atoms with Crippen LogP contribution in [-0.4, -0.2) is 72.4 Å². The summed E-state index contributed by atoms with van der Waals surface area (Å²) in [6, 6.07) is 15.4. The predicted octanol–water partition coefficient (Wildman–Crippen LogP) is 5.77. The number of nitrogens with zero attached hydrogens (tertiary/aromatic N) is 2. The fourth-order valence-corrected chi connectivity index (χ4v) is 5.96. The number of alkyl halides is 3. The number of ether oxygens (including phenoxy) is 1. The molecule has 0 radical (unpaired) electrons. The third kappa shape index (κ3) is 6.01. The molecule has 3 aliphatic rings. The average molecular weight is 531 g/mol. The zero-order valence-electron chi connectivity index (χ0n) is 21.8. The molecule has 8 heteroatoms. The molecule has 1 saturated carbocycles. The van der Waals surface area contributed by atoms with E-state index in [4.69, 9.17) is 4.74 Å². The summed E-state index contributed by atoms with van der Waals surface area (Å²) in [6.07, 6.45) is -0.0614. The molecule has 1 amide bonds. The van der Waals surface area contributed by atoms with Gasteiger partial charge in [0.05, 0.1) is 18.1 Å². The first-order valence-corrected chi connectivity index (χ1v) is 13.8. The Kier molecular flexibility index (Phi) is 8.00. The maximum Gasteiger partial charge on any atom is 0.395 e. The second-order valence-electron chi connectivity index (χ2n) is 11.3. The van der Waals surface area contributed by atoms with Crippen molar-refractivity contribution in [1.82, 2.24) is 9.80 Å². The smallest absolute Gasteiger partial charge is 0.395 e. The number of carbonyl (C=O) groups excluding carboxylic acids is 1. The van der Waals surface area contributed by atoms with Crippen LogP contribution < -0.4 is 4.74 Å². The van der Waals surface area contributed by atoms with E-state index in [0.717, 1.165) is 42.6 Å². The Morgan fingerprint density at radius 1 is 0.921 bits per heavy atom. The zero-order chi connectivity index (χ0) is 26.8. The van der Waals surface area contributed by atoms with E-state index >= 15 is 0 Å². The van der Waals surface area contributed by atoms with Crippen LogP contribution in [0.5, 0.6) is 5.75 Å². The van der Waals surface area contributed by atoms with E-state index in [9.17, 15) is 23.1 Å². The van der Waals surface area contributed by atoms with Gasteiger partial charge in [-0.3, -0.25) is 4.79 Å². The van der Waals surface area contributed by atoms with Gasteiger partial charge in [-0.2, -0.15) is 13.2 Å². The maximum absolute atomic E-state index is 13.5. The summed E-state index contributed by atoms with van der Waals surface area (Å²) < 4.78 is 46.5. The van der Waals surface area contributed by atoms with Crippen molar-refractivity contribution < 1.29 is 27.8 Å². The Bertz CT molecular complexity index is 1080. The second-order valence-corrected chi connectivity index (χ2v) is 11.3. The molecule has 0 spiro atoms. The number of benzene rings is 2. The summed E-state index contributed by atoms with van der Waals surface area (Å²) in [7, 11) is 0. The summed E-state index contributed by atoms with van der Waals surface area (Å²) in [5.74, 6) is 1.07. The topological polar surface area (TPSA) is 53.0 Å². The molecule has 5 nitrogen and oxygen atoms in total. The molecule has 2 aliphatic heterocycles. The minimum absolute atomic E-state index is 0.0484. The van der Waals surface area contributed by atoms with E-state index in [2.05, 4.69) is 0 Å². The van der Waals surface area contributed by atoms with E-state index in [1.807, 2.05) is 53.4 Å². The Balaban J connectivity index is 1.08. The van der Waals surface area contributed by atoms with Crippen LogP contribution in [0.2, 0.25) is 0 Å². The van der Waals surface area contributed by atoms with Crippen LogP contribution >= 0.6 is 0 Å². The number of aliphatic hydroxyl groups is 1. The predicted molar refractivity (Wildman–Crippen MR) is 140 cm³/mol. The molecule has 1 atom stereocenters. The van der Waals surface area contributed by atoms with Crippen LogP contribution in [0.25, 0.3) is 11.1 Å². The monoisotopic (exact) mass is 530 g/mol. The number of piperidine rings is 2. The van der Waals surface area contributed by atoms with E-state index < -0.39 is 17.7 Å². The lowest BCUT2D eigenvalue weighted by atomic mass is 9.67. The molecule has 5 rings (SSSR count). The highest BCUT2D eigenvalue weighted by Gasteiger charge is 2.58. The number of hydrogen-bond acceptors (Lipinski definition) is 4. The Morgan fingerprint density at radius 3 is 2.11 bits per heavy atom. The molecule has 0 aromatic heterocycles. The van der Waals surface area contributed by atoms with Crippen molar-refractivity contribution in [1.29, 1.82) is 0 Å². The van der Waals surface area contributed by atoms with Crippen molar-refractivity contribution in [3.63, 3.8) is 0 Å². The summed E-state index contributed by atoms with van der Waals surface area (Å²) in [4.78, 5) is 16.4. The lowest BCUT2D eigenvalue weighted by Crippen LogP contribution is -2.53. The van der Waals surface area contributed by atoms with Crippen LogP contribution in [0.4, 0.5) is 13.2 Å². The molecule has 1 N–H and O–H groups in total. The first-order chi connectivity index (χ1) is 18.2. The lowest BCUT2D eigenvalue weighted by molar-refractivity contribution is -0.256. The molecule has 206 valence electrons. The van der Waals surface area contributed by atoms with Gasteiger partial charge in [-0.25, -0.2) is 0 Å². The van der Waals surface area contributed by atoms with Crippen molar-refractivity contribution in [2.75, 3.05) is 39.3 Å². The maximum atomic E-state index is 13.5. The number of β-amino-alcohol motifs (C(OH)–C–C–N with tert-alkyl or cyclic N) is 1. The van der Waals surface area contributed by atoms with E-state index in [1.165, 1.54) is 0 Å². The molecular weight excluding hydrogens is 493 g/mol. The van der Waals surface area contributed by atoms with Crippen molar-refractivity contribution in [3.8, 4) is 16.9 Å². The molecule has 0 unspecified atom stereocenters.